The molecule has 0 radical (unpaired) electrons. The first-order valence-electron chi connectivity index (χ1n) is 5.67. The third-order valence-electron chi connectivity index (χ3n) is 2.32. The molecule has 0 aliphatic rings. The van der Waals surface area contributed by atoms with E-state index in [1.165, 1.54) is 0 Å². The summed E-state index contributed by atoms with van der Waals surface area (Å²) in [5, 5.41) is 4.36. The lowest BCUT2D eigenvalue weighted by atomic mass is 10.2. The maximum absolute atomic E-state index is 5.55. The van der Waals surface area contributed by atoms with Crippen molar-refractivity contribution in [2.45, 2.75) is 13.5 Å². The van der Waals surface area contributed by atoms with Crippen molar-refractivity contribution < 1.29 is 4.74 Å². The summed E-state index contributed by atoms with van der Waals surface area (Å²) in [5.41, 5.74) is 6.38. The molecule has 90 valence electrons. The molecule has 0 fully saturated rings. The molecule has 2 N–H and O–H groups in total. The number of aromatic nitrogens is 3. The molecule has 2 aromatic rings. The number of hydrogen-bond acceptors (Lipinski definition) is 4. The molecule has 1 heterocycles. The van der Waals surface area contributed by atoms with E-state index >= 15 is 0 Å². The first kappa shape index (κ1) is 11.6. The zero-order chi connectivity index (χ0) is 12.1. The van der Waals surface area contributed by atoms with Crippen LogP contribution >= 0.6 is 0 Å². The van der Waals surface area contributed by atoms with Gasteiger partial charge in [-0.05, 0) is 19.1 Å². The van der Waals surface area contributed by atoms with Gasteiger partial charge in [-0.1, -0.05) is 12.1 Å². The Bertz CT molecular complexity index is 481. The topological polar surface area (TPSA) is 66.0 Å². The standard InChI is InChI=1S/C12H16N4O/c1-2-17-11-6-4-3-5-10(11)12-14-9-16(15-12)8-7-13/h3-6,9H,2,7-8,13H2,1H3. The van der Waals surface area contributed by atoms with Crippen LogP contribution in [0.1, 0.15) is 6.92 Å². The summed E-state index contributed by atoms with van der Waals surface area (Å²) in [5.74, 6) is 1.47. The highest BCUT2D eigenvalue weighted by molar-refractivity contribution is 5.63. The maximum atomic E-state index is 5.55. The van der Waals surface area contributed by atoms with Gasteiger partial charge in [-0.3, -0.25) is 4.68 Å². The SMILES string of the molecule is CCOc1ccccc1-c1ncn(CCN)n1. The summed E-state index contributed by atoms with van der Waals surface area (Å²) in [6, 6.07) is 7.75. The van der Waals surface area contributed by atoms with Gasteiger partial charge in [0.1, 0.15) is 12.1 Å². The third-order valence-corrected chi connectivity index (χ3v) is 2.32. The Kier molecular flexibility index (Phi) is 3.72. The van der Waals surface area contributed by atoms with E-state index in [1.807, 2.05) is 31.2 Å². The molecule has 1 aromatic carbocycles. The molecular formula is C12H16N4O. The normalized spacial score (nSPS) is 10.5. The maximum Gasteiger partial charge on any atom is 0.184 e. The van der Waals surface area contributed by atoms with E-state index in [0.29, 0.717) is 25.5 Å². The molecule has 0 saturated carbocycles. The molecule has 0 saturated heterocycles. The average Bonchev–Trinajstić information content (AvgIpc) is 2.79. The molecule has 0 atom stereocenters. The molecule has 5 nitrogen and oxygen atoms in total. The quantitative estimate of drug-likeness (QED) is 0.844. The van der Waals surface area contributed by atoms with Gasteiger partial charge in [-0.2, -0.15) is 5.10 Å². The van der Waals surface area contributed by atoms with E-state index < -0.39 is 0 Å². The Morgan fingerprint density at radius 2 is 2.18 bits per heavy atom. The second-order valence-corrected chi connectivity index (χ2v) is 3.55. The van der Waals surface area contributed by atoms with E-state index in [4.69, 9.17) is 10.5 Å². The summed E-state index contributed by atoms with van der Waals surface area (Å²) in [4.78, 5) is 4.26. The first-order chi connectivity index (χ1) is 8.35. The van der Waals surface area contributed by atoms with Crippen LogP contribution < -0.4 is 10.5 Å². The Hall–Kier alpha value is -1.88. The van der Waals surface area contributed by atoms with Gasteiger partial charge in [-0.25, -0.2) is 4.98 Å². The van der Waals surface area contributed by atoms with Crippen LogP contribution in [0.3, 0.4) is 0 Å². The Balaban J connectivity index is 2.31. The molecule has 0 aliphatic carbocycles. The molecule has 0 spiro atoms. The second-order valence-electron chi connectivity index (χ2n) is 3.55. The van der Waals surface area contributed by atoms with E-state index in [0.717, 1.165) is 11.3 Å². The molecule has 0 unspecified atom stereocenters. The van der Waals surface area contributed by atoms with Gasteiger partial charge in [0.25, 0.3) is 0 Å². The minimum Gasteiger partial charge on any atom is -0.493 e. The monoisotopic (exact) mass is 232 g/mol. The van der Waals surface area contributed by atoms with Crippen LogP contribution in [0.4, 0.5) is 0 Å². The molecule has 2 rings (SSSR count). The smallest absolute Gasteiger partial charge is 0.184 e. The first-order valence-corrected chi connectivity index (χ1v) is 5.67. The lowest BCUT2D eigenvalue weighted by Gasteiger charge is -2.06. The summed E-state index contributed by atoms with van der Waals surface area (Å²) < 4.78 is 7.28. The van der Waals surface area contributed by atoms with E-state index in [2.05, 4.69) is 10.1 Å². The van der Waals surface area contributed by atoms with Gasteiger partial charge in [0, 0.05) is 6.54 Å². The van der Waals surface area contributed by atoms with Crippen molar-refractivity contribution in [3.05, 3.63) is 30.6 Å². The number of benzene rings is 1. The zero-order valence-electron chi connectivity index (χ0n) is 9.84. The van der Waals surface area contributed by atoms with Crippen LogP contribution in [0.5, 0.6) is 5.75 Å². The molecule has 5 heteroatoms. The van der Waals surface area contributed by atoms with Crippen molar-refractivity contribution >= 4 is 0 Å². The van der Waals surface area contributed by atoms with Crippen LogP contribution in [-0.2, 0) is 6.54 Å². The lowest BCUT2D eigenvalue weighted by Crippen LogP contribution is -2.10. The molecular weight excluding hydrogens is 216 g/mol. The fourth-order valence-electron chi connectivity index (χ4n) is 1.59. The van der Waals surface area contributed by atoms with Crippen LogP contribution in [0.2, 0.25) is 0 Å². The number of para-hydroxylation sites is 1. The largest absolute Gasteiger partial charge is 0.493 e. The fourth-order valence-corrected chi connectivity index (χ4v) is 1.59. The highest BCUT2D eigenvalue weighted by atomic mass is 16.5. The van der Waals surface area contributed by atoms with Gasteiger partial charge < -0.3 is 10.5 Å². The molecule has 1 aromatic heterocycles. The van der Waals surface area contributed by atoms with Crippen molar-refractivity contribution in [2.24, 2.45) is 5.73 Å². The van der Waals surface area contributed by atoms with E-state index in [1.54, 1.807) is 11.0 Å². The number of ether oxygens (including phenoxy) is 1. The highest BCUT2D eigenvalue weighted by Crippen LogP contribution is 2.26. The minimum absolute atomic E-state index is 0.551. The predicted molar refractivity (Wildman–Crippen MR) is 65.7 cm³/mol. The average molecular weight is 232 g/mol. The van der Waals surface area contributed by atoms with Crippen LogP contribution in [-0.4, -0.2) is 27.9 Å². The van der Waals surface area contributed by atoms with Crippen LogP contribution in [0, 0.1) is 0 Å². The molecule has 17 heavy (non-hydrogen) atoms. The highest BCUT2D eigenvalue weighted by Gasteiger charge is 2.09. The van der Waals surface area contributed by atoms with Crippen LogP contribution in [0.25, 0.3) is 11.4 Å². The summed E-state index contributed by atoms with van der Waals surface area (Å²) in [6.07, 6.45) is 1.69. The van der Waals surface area contributed by atoms with Gasteiger partial charge in [0.05, 0.1) is 18.7 Å². The number of nitrogens with two attached hydrogens (primary N) is 1. The van der Waals surface area contributed by atoms with Gasteiger partial charge in [0.15, 0.2) is 5.82 Å². The van der Waals surface area contributed by atoms with Crippen molar-refractivity contribution in [2.75, 3.05) is 13.2 Å². The minimum atomic E-state index is 0.551. The van der Waals surface area contributed by atoms with Crippen LogP contribution in [0.15, 0.2) is 30.6 Å². The summed E-state index contributed by atoms with van der Waals surface area (Å²) in [6.45, 7) is 3.80. The van der Waals surface area contributed by atoms with Gasteiger partial charge in [-0.15, -0.1) is 0 Å². The predicted octanol–water partition coefficient (Wildman–Crippen LogP) is 1.30. The van der Waals surface area contributed by atoms with Crippen molar-refractivity contribution in [1.82, 2.24) is 14.8 Å². The van der Waals surface area contributed by atoms with Gasteiger partial charge in [0.2, 0.25) is 0 Å². The summed E-state index contributed by atoms with van der Waals surface area (Å²) >= 11 is 0. The Labute approximate surface area is 100 Å². The van der Waals surface area contributed by atoms with E-state index in [-0.39, 0.29) is 0 Å². The van der Waals surface area contributed by atoms with Crippen molar-refractivity contribution in [3.63, 3.8) is 0 Å². The van der Waals surface area contributed by atoms with E-state index in [9.17, 15) is 0 Å². The number of rotatable bonds is 5. The second kappa shape index (κ2) is 5.45. The fraction of sp³-hybridized carbons (Fsp3) is 0.333. The van der Waals surface area contributed by atoms with Crippen molar-refractivity contribution in [1.29, 1.82) is 0 Å². The third kappa shape index (κ3) is 2.62. The zero-order valence-corrected chi connectivity index (χ0v) is 9.84. The Morgan fingerprint density at radius 1 is 1.35 bits per heavy atom. The lowest BCUT2D eigenvalue weighted by molar-refractivity contribution is 0.341. The van der Waals surface area contributed by atoms with Crippen molar-refractivity contribution in [3.8, 4) is 17.1 Å². The summed E-state index contributed by atoms with van der Waals surface area (Å²) in [7, 11) is 0. The molecule has 0 bridgehead atoms. The molecule has 0 aliphatic heterocycles. The number of hydrogen-bond donors (Lipinski definition) is 1. The number of nitrogens with zero attached hydrogens (tertiary/aromatic N) is 3. The van der Waals surface area contributed by atoms with Gasteiger partial charge >= 0.3 is 0 Å². The molecule has 0 amide bonds. The Morgan fingerprint density at radius 3 is 2.94 bits per heavy atom.